The molecule has 0 bridgehead atoms. The number of carbonyl (C=O) groups is 4. The van der Waals surface area contributed by atoms with Gasteiger partial charge in [0.15, 0.2) is 16.6 Å². The second-order valence-corrected chi connectivity index (χ2v) is 22.1. The molecule has 6 rings (SSSR count). The van der Waals surface area contributed by atoms with Crippen molar-refractivity contribution in [3.8, 4) is 0 Å². The molecule has 0 N–H and O–H groups in total. The number of epoxide rings is 2. The van der Waals surface area contributed by atoms with Crippen LogP contribution in [0.5, 0.6) is 0 Å². The number of carbonyl (C=O) groups excluding carboxylic acids is 4. The molecule has 4 aliphatic heterocycles. The Morgan fingerprint density at radius 1 is 0.622 bits per heavy atom. The van der Waals surface area contributed by atoms with E-state index in [-0.39, 0.29) is 71.7 Å². The molecule has 4 saturated heterocycles. The first-order chi connectivity index (χ1) is 17.4. The van der Waals surface area contributed by atoms with Gasteiger partial charge in [-0.15, -0.1) is 0 Å². The Morgan fingerprint density at radius 2 is 0.919 bits per heavy atom. The van der Waals surface area contributed by atoms with E-state index in [1.54, 1.807) is 0 Å². The Morgan fingerprint density at radius 3 is 1.22 bits per heavy atom. The van der Waals surface area contributed by atoms with Crippen molar-refractivity contribution in [1.29, 1.82) is 0 Å². The summed E-state index contributed by atoms with van der Waals surface area (Å²) in [6.07, 6.45) is 5.11. The quantitative estimate of drug-likeness (QED) is 0.234. The lowest BCUT2D eigenvalue weighted by Crippen LogP contribution is -2.45. The SMILES string of the molecule is C[Si](C)(CCCN1C(=O)C2CC3OC3CC2C1=O)O[Si](C)(C)CCCN1C(=O)C2CC3OC3CC2C1=O. The van der Waals surface area contributed by atoms with E-state index in [4.69, 9.17) is 13.6 Å². The molecule has 8 atom stereocenters. The van der Waals surface area contributed by atoms with Crippen molar-refractivity contribution in [3.05, 3.63) is 0 Å². The van der Waals surface area contributed by atoms with Crippen molar-refractivity contribution in [2.24, 2.45) is 23.7 Å². The number of rotatable bonds is 10. The molecule has 11 heteroatoms. The van der Waals surface area contributed by atoms with E-state index in [0.717, 1.165) is 24.9 Å². The first kappa shape index (κ1) is 25.8. The Labute approximate surface area is 220 Å². The van der Waals surface area contributed by atoms with Gasteiger partial charge in [0, 0.05) is 13.1 Å². The summed E-state index contributed by atoms with van der Waals surface area (Å²) in [6.45, 7) is 9.82. The maximum absolute atomic E-state index is 12.9. The summed E-state index contributed by atoms with van der Waals surface area (Å²) in [5.41, 5.74) is 0. The fourth-order valence-electron chi connectivity index (χ4n) is 7.57. The van der Waals surface area contributed by atoms with Crippen LogP contribution in [0.25, 0.3) is 0 Å². The molecule has 2 aliphatic carbocycles. The minimum atomic E-state index is -2.00. The summed E-state index contributed by atoms with van der Waals surface area (Å²) in [7, 11) is -4.00. The first-order valence-electron chi connectivity index (χ1n) is 14.2. The molecule has 6 aliphatic rings. The zero-order chi connectivity index (χ0) is 26.3. The molecule has 0 aromatic heterocycles. The lowest BCUT2D eigenvalue weighted by Gasteiger charge is -2.34. The van der Waals surface area contributed by atoms with Gasteiger partial charge in [-0.05, 0) is 76.8 Å². The van der Waals surface area contributed by atoms with Crippen LogP contribution in [0.15, 0.2) is 0 Å². The topological polar surface area (TPSA) is 109 Å². The summed E-state index contributed by atoms with van der Waals surface area (Å²) >= 11 is 0. The van der Waals surface area contributed by atoms with Gasteiger partial charge in [-0.3, -0.25) is 29.0 Å². The second-order valence-electron chi connectivity index (χ2n) is 13.3. The summed E-state index contributed by atoms with van der Waals surface area (Å²) in [6, 6.07) is 1.78. The van der Waals surface area contributed by atoms with Gasteiger partial charge in [-0.2, -0.15) is 0 Å². The largest absolute Gasteiger partial charge is 0.455 e. The van der Waals surface area contributed by atoms with Crippen LogP contribution in [-0.4, -0.2) is 87.6 Å². The Kier molecular flexibility index (Phi) is 6.34. The van der Waals surface area contributed by atoms with E-state index in [2.05, 4.69) is 26.2 Å². The average Bonchev–Trinajstić information content (AvgIpc) is 3.72. The number of fused-ring (bicyclic) bond motifs is 4. The van der Waals surface area contributed by atoms with Gasteiger partial charge in [-0.25, -0.2) is 0 Å². The molecule has 4 heterocycles. The fraction of sp³-hybridized carbons (Fsp3) is 0.846. The number of nitrogens with zero attached hydrogens (tertiary/aromatic N) is 2. The van der Waals surface area contributed by atoms with Crippen molar-refractivity contribution < 1.29 is 32.8 Å². The average molecular weight is 549 g/mol. The molecule has 0 aromatic carbocycles. The zero-order valence-electron chi connectivity index (χ0n) is 22.4. The van der Waals surface area contributed by atoms with Crippen molar-refractivity contribution >= 4 is 40.3 Å². The fourth-order valence-corrected chi connectivity index (χ4v) is 16.4. The Balaban J connectivity index is 0.945. The third kappa shape index (κ3) is 4.90. The monoisotopic (exact) mass is 548 g/mol. The molecular formula is C26H40N2O7Si2. The molecule has 0 spiro atoms. The molecule has 0 aromatic rings. The standard InChI is InChI=1S/C26H40N2O7Si2/c1-36(2,9-5-7-27-23(29)15-11-19-20(33-19)12-16(15)24(27)30)35-37(3,4)10-6-8-28-25(31)17-13-21-22(34-21)14-18(17)26(28)32/h15-22H,5-14H2,1-4H3. The minimum Gasteiger partial charge on any atom is -0.455 e. The number of hydrogen-bond acceptors (Lipinski definition) is 7. The van der Waals surface area contributed by atoms with Gasteiger partial charge in [0.25, 0.3) is 0 Å². The van der Waals surface area contributed by atoms with Crippen LogP contribution in [0.1, 0.15) is 38.5 Å². The molecule has 6 fully saturated rings. The van der Waals surface area contributed by atoms with E-state index in [0.29, 0.717) is 38.8 Å². The molecular weight excluding hydrogens is 508 g/mol. The van der Waals surface area contributed by atoms with Gasteiger partial charge < -0.3 is 13.6 Å². The highest BCUT2D eigenvalue weighted by Crippen LogP contribution is 2.48. The van der Waals surface area contributed by atoms with Crippen LogP contribution >= 0.6 is 0 Å². The van der Waals surface area contributed by atoms with E-state index in [1.165, 1.54) is 9.80 Å². The Hall–Kier alpha value is -1.41. The third-order valence-electron chi connectivity index (χ3n) is 9.50. The van der Waals surface area contributed by atoms with Crippen LogP contribution in [0.2, 0.25) is 38.3 Å². The number of likely N-dealkylation sites (tertiary alicyclic amines) is 2. The highest BCUT2D eigenvalue weighted by Gasteiger charge is 2.59. The van der Waals surface area contributed by atoms with Gasteiger partial charge in [0.2, 0.25) is 23.6 Å². The Bertz CT molecular complexity index is 885. The summed E-state index contributed by atoms with van der Waals surface area (Å²) in [5, 5.41) is 0. The van der Waals surface area contributed by atoms with E-state index >= 15 is 0 Å². The minimum absolute atomic E-state index is 0.00514. The third-order valence-corrected chi connectivity index (χ3v) is 17.0. The van der Waals surface area contributed by atoms with Gasteiger partial charge >= 0.3 is 0 Å². The summed E-state index contributed by atoms with van der Waals surface area (Å²) in [5.74, 6) is -0.737. The van der Waals surface area contributed by atoms with Gasteiger partial charge in [0.1, 0.15) is 0 Å². The van der Waals surface area contributed by atoms with Crippen molar-refractivity contribution in [3.63, 3.8) is 0 Å². The van der Waals surface area contributed by atoms with E-state index in [9.17, 15) is 19.2 Å². The second kappa shape index (κ2) is 9.07. The summed E-state index contributed by atoms with van der Waals surface area (Å²) in [4.78, 5) is 54.4. The van der Waals surface area contributed by atoms with Crippen LogP contribution in [0, 0.1) is 23.7 Å². The van der Waals surface area contributed by atoms with Crippen molar-refractivity contribution in [2.45, 2.75) is 101 Å². The normalized spacial score (nSPS) is 38.5. The molecule has 0 radical (unpaired) electrons. The molecule has 9 nitrogen and oxygen atoms in total. The first-order valence-corrected chi connectivity index (χ1v) is 20.4. The predicted molar refractivity (Wildman–Crippen MR) is 138 cm³/mol. The maximum Gasteiger partial charge on any atom is 0.233 e. The molecule has 37 heavy (non-hydrogen) atoms. The van der Waals surface area contributed by atoms with Crippen molar-refractivity contribution in [1.82, 2.24) is 9.80 Å². The van der Waals surface area contributed by atoms with Crippen LogP contribution in [-0.2, 0) is 32.8 Å². The predicted octanol–water partition coefficient (Wildman–Crippen LogP) is 2.52. The van der Waals surface area contributed by atoms with Crippen molar-refractivity contribution in [2.75, 3.05) is 13.1 Å². The smallest absolute Gasteiger partial charge is 0.233 e. The number of imide groups is 2. The van der Waals surface area contributed by atoms with E-state index in [1.807, 2.05) is 0 Å². The zero-order valence-corrected chi connectivity index (χ0v) is 24.4. The lowest BCUT2D eigenvalue weighted by atomic mass is 9.81. The molecule has 4 amide bonds. The van der Waals surface area contributed by atoms with Gasteiger partial charge in [0.05, 0.1) is 48.1 Å². The van der Waals surface area contributed by atoms with Crippen LogP contribution in [0.3, 0.4) is 0 Å². The number of ether oxygens (including phenoxy) is 2. The molecule has 2 saturated carbocycles. The van der Waals surface area contributed by atoms with Crippen LogP contribution in [0.4, 0.5) is 0 Å². The summed E-state index contributed by atoms with van der Waals surface area (Å²) < 4.78 is 17.8. The lowest BCUT2D eigenvalue weighted by molar-refractivity contribution is -0.141. The number of amides is 4. The maximum atomic E-state index is 12.9. The molecule has 204 valence electrons. The van der Waals surface area contributed by atoms with E-state index < -0.39 is 16.6 Å². The van der Waals surface area contributed by atoms with Gasteiger partial charge in [-0.1, -0.05) is 0 Å². The van der Waals surface area contributed by atoms with Crippen LogP contribution < -0.4 is 0 Å². The highest BCUT2D eigenvalue weighted by atomic mass is 28.4. The molecule has 8 unspecified atom stereocenters. The highest BCUT2D eigenvalue weighted by molar-refractivity contribution is 6.84. The number of hydrogen-bond donors (Lipinski definition) is 0.